The Morgan fingerprint density at radius 1 is 1.29 bits per heavy atom. The SMILES string of the molecule is COc1ccc(CN2CC[C@H](c3cc(=O)[nH]c(C)n3)C2)c(C)c1C. The third-order valence-electron chi connectivity index (χ3n) is 5.03. The summed E-state index contributed by atoms with van der Waals surface area (Å²) in [4.78, 5) is 21.3. The molecule has 1 saturated heterocycles. The number of ether oxygens (including phenoxy) is 1. The summed E-state index contributed by atoms with van der Waals surface area (Å²) >= 11 is 0. The van der Waals surface area contributed by atoms with Crippen LogP contribution in [-0.2, 0) is 6.54 Å². The van der Waals surface area contributed by atoms with Crippen molar-refractivity contribution < 1.29 is 4.74 Å². The van der Waals surface area contributed by atoms with Crippen LogP contribution in [0.25, 0.3) is 0 Å². The van der Waals surface area contributed by atoms with Gasteiger partial charge in [0.05, 0.1) is 12.8 Å². The molecular formula is C19H25N3O2. The normalized spacial score (nSPS) is 18.1. The molecule has 2 heterocycles. The van der Waals surface area contributed by atoms with Gasteiger partial charge in [-0.15, -0.1) is 0 Å². The first-order valence-electron chi connectivity index (χ1n) is 8.41. The summed E-state index contributed by atoms with van der Waals surface area (Å²) in [6.07, 6.45) is 1.05. The van der Waals surface area contributed by atoms with Crippen molar-refractivity contribution in [1.82, 2.24) is 14.9 Å². The number of likely N-dealkylation sites (tertiary alicyclic amines) is 1. The number of H-pyrrole nitrogens is 1. The number of aromatic amines is 1. The number of hydrogen-bond acceptors (Lipinski definition) is 4. The molecule has 0 unspecified atom stereocenters. The lowest BCUT2D eigenvalue weighted by molar-refractivity contribution is 0.325. The van der Waals surface area contributed by atoms with Crippen LogP contribution in [-0.4, -0.2) is 35.1 Å². The number of aromatic nitrogens is 2. The van der Waals surface area contributed by atoms with Crippen molar-refractivity contribution in [1.29, 1.82) is 0 Å². The maximum Gasteiger partial charge on any atom is 0.251 e. The van der Waals surface area contributed by atoms with E-state index < -0.39 is 0 Å². The van der Waals surface area contributed by atoms with Gasteiger partial charge in [0.15, 0.2) is 0 Å². The van der Waals surface area contributed by atoms with Gasteiger partial charge in [-0.05, 0) is 56.5 Å². The quantitative estimate of drug-likeness (QED) is 0.938. The Balaban J connectivity index is 1.73. The standard InChI is InChI=1S/C19H25N3O2/c1-12-13(2)18(24-4)6-5-15(12)10-22-8-7-16(11-22)17-9-19(23)21-14(3)20-17/h5-6,9,16H,7-8,10-11H2,1-4H3,(H,20,21,23)/t16-/m0/s1. The minimum absolute atomic E-state index is 0.0578. The molecule has 1 aliphatic heterocycles. The van der Waals surface area contributed by atoms with Gasteiger partial charge in [-0.1, -0.05) is 6.07 Å². The monoisotopic (exact) mass is 327 g/mol. The topological polar surface area (TPSA) is 58.2 Å². The first kappa shape index (κ1) is 16.7. The predicted octanol–water partition coefficient (Wildman–Crippen LogP) is 2.69. The van der Waals surface area contributed by atoms with E-state index in [2.05, 4.69) is 34.8 Å². The van der Waals surface area contributed by atoms with Crippen LogP contribution in [0.3, 0.4) is 0 Å². The molecule has 1 fully saturated rings. The average molecular weight is 327 g/mol. The lowest BCUT2D eigenvalue weighted by Crippen LogP contribution is -2.21. The molecule has 24 heavy (non-hydrogen) atoms. The first-order chi connectivity index (χ1) is 11.5. The fourth-order valence-electron chi connectivity index (χ4n) is 3.51. The van der Waals surface area contributed by atoms with Gasteiger partial charge in [0.2, 0.25) is 0 Å². The molecule has 1 N–H and O–H groups in total. The Bertz CT molecular complexity index is 798. The second-order valence-electron chi connectivity index (χ2n) is 6.65. The molecule has 1 atom stereocenters. The van der Waals surface area contributed by atoms with Crippen molar-refractivity contribution in [3.8, 4) is 5.75 Å². The van der Waals surface area contributed by atoms with Crippen molar-refractivity contribution in [3.63, 3.8) is 0 Å². The summed E-state index contributed by atoms with van der Waals surface area (Å²) in [6, 6.07) is 5.85. The summed E-state index contributed by atoms with van der Waals surface area (Å²) in [7, 11) is 1.71. The fraction of sp³-hybridized carbons (Fsp3) is 0.474. The van der Waals surface area contributed by atoms with Gasteiger partial charge in [-0.2, -0.15) is 0 Å². The van der Waals surface area contributed by atoms with Crippen LogP contribution >= 0.6 is 0 Å². The number of rotatable bonds is 4. The summed E-state index contributed by atoms with van der Waals surface area (Å²) in [6.45, 7) is 9.00. The molecule has 1 aromatic carbocycles. The summed E-state index contributed by atoms with van der Waals surface area (Å²) in [5, 5.41) is 0. The van der Waals surface area contributed by atoms with Crippen molar-refractivity contribution in [3.05, 3.63) is 56.8 Å². The molecule has 3 rings (SSSR count). The molecule has 0 amide bonds. The second-order valence-corrected chi connectivity index (χ2v) is 6.65. The van der Waals surface area contributed by atoms with E-state index >= 15 is 0 Å². The molecule has 0 saturated carbocycles. The van der Waals surface area contributed by atoms with Crippen LogP contribution in [0.15, 0.2) is 23.0 Å². The summed E-state index contributed by atoms with van der Waals surface area (Å²) in [5.41, 5.74) is 4.70. The Morgan fingerprint density at radius 2 is 2.08 bits per heavy atom. The van der Waals surface area contributed by atoms with E-state index in [-0.39, 0.29) is 5.56 Å². The molecule has 5 nitrogen and oxygen atoms in total. The van der Waals surface area contributed by atoms with Gasteiger partial charge in [-0.25, -0.2) is 4.98 Å². The fourth-order valence-corrected chi connectivity index (χ4v) is 3.51. The molecule has 2 aromatic rings. The number of aryl methyl sites for hydroxylation is 1. The highest BCUT2D eigenvalue weighted by atomic mass is 16.5. The predicted molar refractivity (Wildman–Crippen MR) is 94.7 cm³/mol. The molecule has 5 heteroatoms. The van der Waals surface area contributed by atoms with Crippen molar-refractivity contribution >= 4 is 0 Å². The molecule has 1 aromatic heterocycles. The van der Waals surface area contributed by atoms with Crippen molar-refractivity contribution in [2.24, 2.45) is 0 Å². The van der Waals surface area contributed by atoms with E-state index in [1.165, 1.54) is 16.7 Å². The minimum Gasteiger partial charge on any atom is -0.496 e. The molecule has 0 aliphatic carbocycles. The van der Waals surface area contributed by atoms with Gasteiger partial charge in [0.25, 0.3) is 5.56 Å². The van der Waals surface area contributed by atoms with Gasteiger partial charge >= 0.3 is 0 Å². The molecule has 0 spiro atoms. The maximum atomic E-state index is 11.7. The van der Waals surface area contributed by atoms with Crippen LogP contribution in [0.2, 0.25) is 0 Å². The van der Waals surface area contributed by atoms with E-state index in [0.29, 0.717) is 11.7 Å². The number of methoxy groups -OCH3 is 1. The average Bonchev–Trinajstić information content (AvgIpc) is 3.00. The Labute approximate surface area is 142 Å². The second kappa shape index (κ2) is 6.77. The highest BCUT2D eigenvalue weighted by Crippen LogP contribution is 2.29. The third-order valence-corrected chi connectivity index (χ3v) is 5.03. The minimum atomic E-state index is -0.0578. The summed E-state index contributed by atoms with van der Waals surface area (Å²) in [5.74, 6) is 1.97. The highest BCUT2D eigenvalue weighted by molar-refractivity contribution is 5.43. The maximum absolute atomic E-state index is 11.7. The number of nitrogens with zero attached hydrogens (tertiary/aromatic N) is 2. The van der Waals surface area contributed by atoms with E-state index in [0.717, 1.165) is 37.5 Å². The third kappa shape index (κ3) is 3.36. The van der Waals surface area contributed by atoms with E-state index in [4.69, 9.17) is 4.74 Å². The van der Waals surface area contributed by atoms with E-state index in [9.17, 15) is 4.79 Å². The zero-order valence-electron chi connectivity index (χ0n) is 14.8. The molecular weight excluding hydrogens is 302 g/mol. The van der Waals surface area contributed by atoms with Gasteiger partial charge in [-0.3, -0.25) is 9.69 Å². The molecule has 0 bridgehead atoms. The lowest BCUT2D eigenvalue weighted by Gasteiger charge is -2.19. The summed E-state index contributed by atoms with van der Waals surface area (Å²) < 4.78 is 5.39. The zero-order valence-corrected chi connectivity index (χ0v) is 14.8. The first-order valence-corrected chi connectivity index (χ1v) is 8.41. The van der Waals surface area contributed by atoms with Crippen LogP contribution < -0.4 is 10.3 Å². The van der Waals surface area contributed by atoms with Gasteiger partial charge in [0.1, 0.15) is 11.6 Å². The lowest BCUT2D eigenvalue weighted by atomic mass is 10.0. The van der Waals surface area contributed by atoms with Crippen LogP contribution in [0.4, 0.5) is 0 Å². The Hall–Kier alpha value is -2.14. The van der Waals surface area contributed by atoms with Crippen LogP contribution in [0.5, 0.6) is 5.75 Å². The number of benzene rings is 1. The van der Waals surface area contributed by atoms with Crippen LogP contribution in [0.1, 0.15) is 40.5 Å². The van der Waals surface area contributed by atoms with Crippen molar-refractivity contribution in [2.75, 3.05) is 20.2 Å². The van der Waals surface area contributed by atoms with Crippen LogP contribution in [0, 0.1) is 20.8 Å². The smallest absolute Gasteiger partial charge is 0.251 e. The molecule has 0 radical (unpaired) electrons. The van der Waals surface area contributed by atoms with E-state index in [1.807, 2.05) is 13.0 Å². The Morgan fingerprint density at radius 3 is 2.79 bits per heavy atom. The largest absolute Gasteiger partial charge is 0.496 e. The Kier molecular flexibility index (Phi) is 4.71. The number of nitrogens with one attached hydrogen (secondary N) is 1. The highest BCUT2D eigenvalue weighted by Gasteiger charge is 2.26. The van der Waals surface area contributed by atoms with E-state index in [1.54, 1.807) is 13.2 Å². The molecule has 1 aliphatic rings. The van der Waals surface area contributed by atoms with Gasteiger partial charge < -0.3 is 9.72 Å². The zero-order chi connectivity index (χ0) is 17.3. The van der Waals surface area contributed by atoms with Gasteiger partial charge in [0, 0.05) is 25.1 Å². The number of hydrogen-bond donors (Lipinski definition) is 1. The van der Waals surface area contributed by atoms with Crippen molar-refractivity contribution in [2.45, 2.75) is 39.7 Å². The molecule has 128 valence electrons.